The molecule has 0 aliphatic heterocycles. The van der Waals surface area contributed by atoms with Gasteiger partial charge in [-0.15, -0.1) is 0 Å². The molecule has 0 amide bonds. The first-order valence-electron chi connectivity index (χ1n) is 12.0. The molecule has 36 heavy (non-hydrogen) atoms. The summed E-state index contributed by atoms with van der Waals surface area (Å²) in [4.78, 5) is 11.0. The first-order chi connectivity index (χ1) is 17.1. The molecule has 0 aliphatic rings. The number of carboxylic acids is 1. The van der Waals surface area contributed by atoms with Crippen LogP contribution in [0.1, 0.15) is 40.9 Å². The SMILES string of the molecule is Cc1ccc(CC(C)(C)NC[C@@H](O)COCCc2ccccc2Oc2ccc(C(=O)O)cc2)cc1F. The van der Waals surface area contributed by atoms with Crippen molar-refractivity contribution in [1.82, 2.24) is 5.32 Å². The van der Waals surface area contributed by atoms with Crippen molar-refractivity contribution in [2.24, 2.45) is 0 Å². The van der Waals surface area contributed by atoms with Crippen molar-refractivity contribution in [3.63, 3.8) is 0 Å². The Bertz CT molecular complexity index is 1150. The van der Waals surface area contributed by atoms with Gasteiger partial charge in [0.2, 0.25) is 0 Å². The van der Waals surface area contributed by atoms with Crippen LogP contribution in [0.2, 0.25) is 0 Å². The molecule has 0 radical (unpaired) electrons. The van der Waals surface area contributed by atoms with E-state index in [1.807, 2.05) is 44.2 Å². The highest BCUT2D eigenvalue weighted by molar-refractivity contribution is 5.87. The van der Waals surface area contributed by atoms with E-state index in [-0.39, 0.29) is 23.5 Å². The number of hydrogen-bond acceptors (Lipinski definition) is 5. The summed E-state index contributed by atoms with van der Waals surface area (Å²) in [6, 6.07) is 19.1. The minimum atomic E-state index is -0.985. The molecule has 0 aliphatic carbocycles. The summed E-state index contributed by atoms with van der Waals surface area (Å²) in [6.07, 6.45) is 0.542. The number of nitrogens with one attached hydrogen (secondary N) is 1. The van der Waals surface area contributed by atoms with E-state index < -0.39 is 12.1 Å². The van der Waals surface area contributed by atoms with Crippen molar-refractivity contribution in [3.05, 3.63) is 94.8 Å². The summed E-state index contributed by atoms with van der Waals surface area (Å²) in [5.41, 5.74) is 2.35. The number of aryl methyl sites for hydroxylation is 1. The molecular formula is C29H34FNO5. The van der Waals surface area contributed by atoms with Crippen LogP contribution in [0.3, 0.4) is 0 Å². The summed E-state index contributed by atoms with van der Waals surface area (Å²) in [6.45, 7) is 6.72. The molecule has 3 aromatic carbocycles. The number of aliphatic hydroxyl groups is 1. The first-order valence-corrected chi connectivity index (χ1v) is 12.0. The topological polar surface area (TPSA) is 88.0 Å². The Labute approximate surface area is 211 Å². The van der Waals surface area contributed by atoms with Gasteiger partial charge in [0.25, 0.3) is 0 Å². The number of ether oxygens (including phenoxy) is 2. The molecule has 0 aromatic heterocycles. The maximum absolute atomic E-state index is 13.8. The zero-order chi connectivity index (χ0) is 26.1. The van der Waals surface area contributed by atoms with E-state index in [4.69, 9.17) is 14.6 Å². The monoisotopic (exact) mass is 495 g/mol. The Balaban J connectivity index is 1.42. The summed E-state index contributed by atoms with van der Waals surface area (Å²) in [5.74, 6) is 0.0213. The predicted molar refractivity (Wildman–Crippen MR) is 137 cm³/mol. The van der Waals surface area contributed by atoms with Gasteiger partial charge in [0, 0.05) is 12.1 Å². The number of aliphatic hydroxyl groups excluding tert-OH is 1. The van der Waals surface area contributed by atoms with Crippen LogP contribution < -0.4 is 10.1 Å². The Kier molecular flexibility index (Phi) is 9.58. The minimum absolute atomic E-state index is 0.182. The fraction of sp³-hybridized carbons (Fsp3) is 0.345. The van der Waals surface area contributed by atoms with Gasteiger partial charge in [-0.25, -0.2) is 9.18 Å². The van der Waals surface area contributed by atoms with Crippen LogP contribution in [-0.4, -0.2) is 47.6 Å². The molecule has 0 spiro atoms. The molecule has 3 rings (SSSR count). The molecule has 0 bridgehead atoms. The molecule has 6 nitrogen and oxygen atoms in total. The zero-order valence-electron chi connectivity index (χ0n) is 21.0. The second-order valence-electron chi connectivity index (χ2n) is 9.54. The van der Waals surface area contributed by atoms with Crippen LogP contribution >= 0.6 is 0 Å². The average molecular weight is 496 g/mol. The second kappa shape index (κ2) is 12.6. The Morgan fingerprint density at radius 3 is 2.50 bits per heavy atom. The summed E-state index contributed by atoms with van der Waals surface area (Å²) < 4.78 is 25.5. The molecular weight excluding hydrogens is 461 g/mol. The predicted octanol–water partition coefficient (Wildman–Crippen LogP) is 5.16. The summed E-state index contributed by atoms with van der Waals surface area (Å²) in [7, 11) is 0. The molecule has 0 heterocycles. The molecule has 0 saturated heterocycles. The highest BCUT2D eigenvalue weighted by atomic mass is 19.1. The average Bonchev–Trinajstić information content (AvgIpc) is 2.84. The van der Waals surface area contributed by atoms with E-state index in [2.05, 4.69) is 5.32 Å². The summed E-state index contributed by atoms with van der Waals surface area (Å²) >= 11 is 0. The van der Waals surface area contributed by atoms with E-state index in [9.17, 15) is 14.3 Å². The van der Waals surface area contributed by atoms with Gasteiger partial charge in [-0.2, -0.15) is 0 Å². The largest absolute Gasteiger partial charge is 0.478 e. The molecule has 0 unspecified atom stereocenters. The lowest BCUT2D eigenvalue weighted by Gasteiger charge is -2.28. The molecule has 192 valence electrons. The molecule has 3 aromatic rings. The number of aromatic carboxylic acids is 1. The van der Waals surface area contributed by atoms with Gasteiger partial charge in [0.05, 0.1) is 24.9 Å². The van der Waals surface area contributed by atoms with Crippen molar-refractivity contribution < 1.29 is 28.9 Å². The molecule has 3 N–H and O–H groups in total. The number of rotatable bonds is 13. The van der Waals surface area contributed by atoms with Crippen LogP contribution in [0.4, 0.5) is 4.39 Å². The maximum atomic E-state index is 13.8. The number of halogens is 1. The Morgan fingerprint density at radius 1 is 1.08 bits per heavy atom. The van der Waals surface area contributed by atoms with Gasteiger partial charge in [-0.05, 0) is 86.7 Å². The Morgan fingerprint density at radius 2 is 1.81 bits per heavy atom. The zero-order valence-corrected chi connectivity index (χ0v) is 21.0. The van der Waals surface area contributed by atoms with E-state index >= 15 is 0 Å². The third-order valence-corrected chi connectivity index (χ3v) is 5.83. The lowest BCUT2D eigenvalue weighted by Crippen LogP contribution is -2.46. The van der Waals surface area contributed by atoms with E-state index in [1.165, 1.54) is 12.1 Å². The van der Waals surface area contributed by atoms with Crippen molar-refractivity contribution in [2.75, 3.05) is 19.8 Å². The van der Waals surface area contributed by atoms with Crippen molar-refractivity contribution in [3.8, 4) is 11.5 Å². The molecule has 0 saturated carbocycles. The van der Waals surface area contributed by atoms with Crippen LogP contribution in [0.15, 0.2) is 66.7 Å². The minimum Gasteiger partial charge on any atom is -0.478 e. The lowest BCUT2D eigenvalue weighted by atomic mass is 9.94. The smallest absolute Gasteiger partial charge is 0.335 e. The van der Waals surface area contributed by atoms with Gasteiger partial charge in [-0.3, -0.25) is 0 Å². The van der Waals surface area contributed by atoms with Gasteiger partial charge >= 0.3 is 5.97 Å². The quantitative estimate of drug-likeness (QED) is 0.284. The van der Waals surface area contributed by atoms with Crippen molar-refractivity contribution >= 4 is 5.97 Å². The number of para-hydroxylation sites is 1. The number of carbonyl (C=O) groups is 1. The van der Waals surface area contributed by atoms with Crippen LogP contribution in [0.25, 0.3) is 0 Å². The number of β-amino-alcohol motifs (C(OH)–C–C–N with tert-alkyl or cyclic N) is 1. The number of carboxylic acid groups (broad SMARTS) is 1. The second-order valence-corrected chi connectivity index (χ2v) is 9.54. The van der Waals surface area contributed by atoms with Gasteiger partial charge in [-0.1, -0.05) is 30.3 Å². The Hall–Kier alpha value is -3.26. The van der Waals surface area contributed by atoms with E-state index in [0.717, 1.165) is 11.1 Å². The lowest BCUT2D eigenvalue weighted by molar-refractivity contribution is 0.0347. The van der Waals surface area contributed by atoms with Crippen molar-refractivity contribution in [2.45, 2.75) is 45.3 Å². The highest BCUT2D eigenvalue weighted by Crippen LogP contribution is 2.26. The van der Waals surface area contributed by atoms with Gasteiger partial charge in [0.1, 0.15) is 17.3 Å². The normalized spacial score (nSPS) is 12.4. The summed E-state index contributed by atoms with van der Waals surface area (Å²) in [5, 5.41) is 22.7. The highest BCUT2D eigenvalue weighted by Gasteiger charge is 2.20. The molecule has 7 heteroatoms. The first kappa shape index (κ1) is 27.3. The van der Waals surface area contributed by atoms with E-state index in [1.54, 1.807) is 31.2 Å². The van der Waals surface area contributed by atoms with E-state index in [0.29, 0.717) is 43.1 Å². The van der Waals surface area contributed by atoms with Crippen molar-refractivity contribution in [1.29, 1.82) is 0 Å². The van der Waals surface area contributed by atoms with Crippen LogP contribution in [0, 0.1) is 12.7 Å². The fourth-order valence-corrected chi connectivity index (χ4v) is 3.78. The van der Waals surface area contributed by atoms with Gasteiger partial charge < -0.3 is 25.0 Å². The number of hydrogen-bond donors (Lipinski definition) is 3. The third-order valence-electron chi connectivity index (χ3n) is 5.83. The van der Waals surface area contributed by atoms with Gasteiger partial charge in [0.15, 0.2) is 0 Å². The fourth-order valence-electron chi connectivity index (χ4n) is 3.78. The number of benzene rings is 3. The molecule has 1 atom stereocenters. The van der Waals surface area contributed by atoms with Crippen LogP contribution in [0.5, 0.6) is 11.5 Å². The standard InChI is InChI=1S/C29H34FNO5/c1-20-8-9-21(16-26(20)30)17-29(2,3)31-18-24(32)19-35-15-14-22-6-4-5-7-27(22)36-25-12-10-23(11-13-25)28(33)34/h4-13,16,24,31-32H,14-15,17-19H2,1-3H3,(H,33,34)/t24-/m1/s1. The van der Waals surface area contributed by atoms with Crippen LogP contribution in [-0.2, 0) is 17.6 Å². The maximum Gasteiger partial charge on any atom is 0.335 e. The third kappa shape index (κ3) is 8.45. The molecule has 0 fully saturated rings.